The highest BCUT2D eigenvalue weighted by Gasteiger charge is 2.39. The third-order valence-corrected chi connectivity index (χ3v) is 5.34. The van der Waals surface area contributed by atoms with Crippen molar-refractivity contribution >= 4 is 0 Å². The summed E-state index contributed by atoms with van der Waals surface area (Å²) in [5.41, 5.74) is 5.74. The van der Waals surface area contributed by atoms with Crippen LogP contribution in [0.3, 0.4) is 0 Å². The molecule has 110 valence electrons. The Morgan fingerprint density at radius 2 is 1.50 bits per heavy atom. The summed E-state index contributed by atoms with van der Waals surface area (Å²) in [7, 11) is 0. The lowest BCUT2D eigenvalue weighted by Crippen LogP contribution is -2.19. The second kappa shape index (κ2) is 4.36. The predicted molar refractivity (Wildman–Crippen MR) is 87.5 cm³/mol. The van der Waals surface area contributed by atoms with Gasteiger partial charge in [-0.1, -0.05) is 65.3 Å². The van der Waals surface area contributed by atoms with Crippen LogP contribution >= 0.6 is 0 Å². The summed E-state index contributed by atoms with van der Waals surface area (Å²) in [5, 5.41) is 0. The van der Waals surface area contributed by atoms with Crippen molar-refractivity contribution in [1.82, 2.24) is 0 Å². The molecule has 3 unspecified atom stereocenters. The lowest BCUT2D eigenvalue weighted by atomic mass is 9.76. The summed E-state index contributed by atoms with van der Waals surface area (Å²) in [6.45, 7) is 14.3. The molecule has 20 heavy (non-hydrogen) atoms. The predicted octanol–water partition coefficient (Wildman–Crippen LogP) is 5.92. The zero-order valence-electron chi connectivity index (χ0n) is 14.1. The Morgan fingerprint density at radius 1 is 0.850 bits per heavy atom. The van der Waals surface area contributed by atoms with Crippen molar-refractivity contribution in [3.8, 4) is 0 Å². The van der Waals surface area contributed by atoms with Gasteiger partial charge in [-0.2, -0.15) is 0 Å². The maximum atomic E-state index is 2.60. The molecule has 2 fully saturated rings. The Balaban J connectivity index is 1.93. The minimum Gasteiger partial charge on any atom is -0.0776 e. The van der Waals surface area contributed by atoms with E-state index in [1.54, 1.807) is 16.7 Å². The molecule has 0 N–H and O–H groups in total. The van der Waals surface area contributed by atoms with Gasteiger partial charge < -0.3 is 0 Å². The van der Waals surface area contributed by atoms with E-state index in [4.69, 9.17) is 0 Å². The van der Waals surface area contributed by atoms with Crippen molar-refractivity contribution in [2.45, 2.75) is 60.8 Å². The van der Waals surface area contributed by atoms with Crippen LogP contribution in [0.2, 0.25) is 0 Å². The zero-order chi connectivity index (χ0) is 14.7. The van der Waals surface area contributed by atoms with Crippen molar-refractivity contribution in [2.75, 3.05) is 0 Å². The molecule has 0 heterocycles. The van der Waals surface area contributed by atoms with Gasteiger partial charge in [0.15, 0.2) is 0 Å². The Bertz CT molecular complexity index is 499. The van der Waals surface area contributed by atoms with Crippen molar-refractivity contribution in [2.24, 2.45) is 28.6 Å². The van der Waals surface area contributed by atoms with Crippen LogP contribution in [0.5, 0.6) is 0 Å². The number of allylic oxidation sites excluding steroid dienone is 6. The summed E-state index contributed by atoms with van der Waals surface area (Å²) < 4.78 is 0. The molecule has 0 bridgehead atoms. The number of hydrogen-bond acceptors (Lipinski definition) is 0. The van der Waals surface area contributed by atoms with Gasteiger partial charge in [0, 0.05) is 5.92 Å². The smallest absolute Gasteiger partial charge is 0.000395 e. The molecule has 0 nitrogen and oxygen atoms in total. The van der Waals surface area contributed by atoms with Gasteiger partial charge in [0.2, 0.25) is 0 Å². The lowest BCUT2D eigenvalue weighted by Gasteiger charge is -2.29. The van der Waals surface area contributed by atoms with Gasteiger partial charge in [-0.05, 0) is 53.1 Å². The van der Waals surface area contributed by atoms with E-state index in [1.165, 1.54) is 19.3 Å². The molecule has 0 amide bonds. The molecule has 3 aliphatic rings. The van der Waals surface area contributed by atoms with Crippen LogP contribution < -0.4 is 0 Å². The molecule has 0 saturated heterocycles. The second-order valence-corrected chi connectivity index (χ2v) is 9.30. The molecule has 3 rings (SSSR count). The fourth-order valence-corrected chi connectivity index (χ4v) is 3.37. The molecular formula is C20H30. The highest BCUT2D eigenvalue weighted by atomic mass is 14.4. The van der Waals surface area contributed by atoms with Gasteiger partial charge >= 0.3 is 0 Å². The maximum Gasteiger partial charge on any atom is 0.000395 e. The van der Waals surface area contributed by atoms with Crippen LogP contribution in [-0.4, -0.2) is 0 Å². The number of fused-ring (bicyclic) bond motifs is 2. The van der Waals surface area contributed by atoms with Crippen molar-refractivity contribution in [3.63, 3.8) is 0 Å². The normalized spacial score (nSPS) is 41.1. The van der Waals surface area contributed by atoms with E-state index in [-0.39, 0.29) is 0 Å². The number of rotatable bonds is 0. The molecule has 0 aliphatic heterocycles. The Labute approximate surface area is 125 Å². The number of hydrogen-bond donors (Lipinski definition) is 0. The maximum absolute atomic E-state index is 2.60. The average molecular weight is 270 g/mol. The third kappa shape index (κ3) is 2.95. The Morgan fingerprint density at radius 3 is 2.10 bits per heavy atom. The van der Waals surface area contributed by atoms with Crippen molar-refractivity contribution < 1.29 is 0 Å². The minimum atomic E-state index is 0.351. The van der Waals surface area contributed by atoms with Gasteiger partial charge in [0.1, 0.15) is 0 Å². The minimum absolute atomic E-state index is 0.351. The molecule has 3 atom stereocenters. The molecule has 0 aromatic heterocycles. The molecule has 2 saturated carbocycles. The largest absolute Gasteiger partial charge is 0.0776 e. The highest BCUT2D eigenvalue weighted by Crippen LogP contribution is 2.52. The first-order chi connectivity index (χ1) is 9.14. The first kappa shape index (κ1) is 14.2. The first-order valence-corrected chi connectivity index (χ1v) is 8.27. The molecule has 0 radical (unpaired) electrons. The van der Waals surface area contributed by atoms with Gasteiger partial charge in [-0.15, -0.1) is 0 Å². The highest BCUT2D eigenvalue weighted by molar-refractivity contribution is 5.52. The second-order valence-electron chi connectivity index (χ2n) is 9.30. The summed E-state index contributed by atoms with van der Waals surface area (Å²) in [5.74, 6) is 2.23. The van der Waals surface area contributed by atoms with Crippen LogP contribution in [0, 0.1) is 28.6 Å². The van der Waals surface area contributed by atoms with Crippen LogP contribution in [-0.2, 0) is 0 Å². The third-order valence-electron chi connectivity index (χ3n) is 5.34. The van der Waals surface area contributed by atoms with Gasteiger partial charge in [-0.25, -0.2) is 0 Å². The Kier molecular flexibility index (Phi) is 3.09. The summed E-state index contributed by atoms with van der Waals surface area (Å²) in [6, 6.07) is 0. The molecule has 3 aliphatic carbocycles. The average Bonchev–Trinajstić information content (AvgIpc) is 3.13. The first-order valence-electron chi connectivity index (χ1n) is 8.27. The molecule has 0 aromatic carbocycles. The van der Waals surface area contributed by atoms with Crippen molar-refractivity contribution in [3.05, 3.63) is 34.9 Å². The van der Waals surface area contributed by atoms with E-state index in [0.29, 0.717) is 16.7 Å². The van der Waals surface area contributed by atoms with Crippen LogP contribution in [0.4, 0.5) is 0 Å². The monoisotopic (exact) mass is 270 g/mol. The quantitative estimate of drug-likeness (QED) is 0.479. The van der Waals surface area contributed by atoms with E-state index < -0.39 is 0 Å². The summed E-state index contributed by atoms with van der Waals surface area (Å²) >= 11 is 0. The van der Waals surface area contributed by atoms with Crippen LogP contribution in [0.25, 0.3) is 0 Å². The van der Waals surface area contributed by atoms with Gasteiger partial charge in [0.25, 0.3) is 0 Å². The SMILES string of the molecule is CC(C)(C)C1/C=C2/C/C2=C\C(C(C)(C)C)CC2C/C2=C/1. The van der Waals surface area contributed by atoms with E-state index >= 15 is 0 Å². The molecule has 0 spiro atoms. The fourth-order valence-electron chi connectivity index (χ4n) is 3.37. The van der Waals surface area contributed by atoms with E-state index in [0.717, 1.165) is 11.8 Å². The lowest BCUT2D eigenvalue weighted by molar-refractivity contribution is 0.269. The van der Waals surface area contributed by atoms with Gasteiger partial charge in [-0.3, -0.25) is 0 Å². The molecule has 0 heteroatoms. The van der Waals surface area contributed by atoms with Crippen LogP contribution in [0.1, 0.15) is 60.8 Å². The zero-order valence-corrected chi connectivity index (χ0v) is 14.1. The summed E-state index contributed by atoms with van der Waals surface area (Å²) in [4.78, 5) is 0. The summed E-state index contributed by atoms with van der Waals surface area (Å²) in [6.07, 6.45) is 11.7. The van der Waals surface area contributed by atoms with Crippen LogP contribution in [0.15, 0.2) is 34.9 Å². The van der Waals surface area contributed by atoms with E-state index in [1.807, 2.05) is 0 Å². The van der Waals surface area contributed by atoms with E-state index in [9.17, 15) is 0 Å². The van der Waals surface area contributed by atoms with Gasteiger partial charge in [0.05, 0.1) is 0 Å². The van der Waals surface area contributed by atoms with E-state index in [2.05, 4.69) is 59.8 Å². The topological polar surface area (TPSA) is 0 Å². The molecule has 0 aromatic rings. The Hall–Kier alpha value is -0.780. The standard InChI is InChI=1S/C20H30/c1-19(2,3)17-9-13-7-15(13)11-18(20(4,5)6)12-16-8-14(16)10-17/h9-11,16-18H,7-8,12H2,1-6H3/b13-9-,14-10-,15-11+. The molecular weight excluding hydrogens is 240 g/mol. The van der Waals surface area contributed by atoms with Crippen molar-refractivity contribution in [1.29, 1.82) is 0 Å². The fraction of sp³-hybridized carbons (Fsp3) is 0.700.